The van der Waals surface area contributed by atoms with E-state index in [1.165, 1.54) is 109 Å². The van der Waals surface area contributed by atoms with Crippen molar-refractivity contribution < 1.29 is 4.79 Å². The lowest BCUT2D eigenvalue weighted by atomic mass is 10.0. The third-order valence-electron chi connectivity index (χ3n) is 5.23. The average Bonchev–Trinajstić information content (AvgIpc) is 2.62. The van der Waals surface area contributed by atoms with Gasteiger partial charge in [0.25, 0.3) is 0 Å². The average molecular weight is 385 g/mol. The minimum absolute atomic E-state index is 0.180. The molecule has 0 aromatic carbocycles. The van der Waals surface area contributed by atoms with Crippen molar-refractivity contribution in [2.75, 3.05) is 0 Å². The highest BCUT2D eigenvalue weighted by Crippen LogP contribution is 2.15. The Morgan fingerprint density at radius 2 is 0.885 bits per heavy atom. The fourth-order valence-corrected chi connectivity index (χ4v) is 3.65. The Balaban J connectivity index is 3.00. The van der Waals surface area contributed by atoms with Crippen LogP contribution in [0.1, 0.15) is 135 Å². The molecule has 0 aromatic rings. The molecule has 0 aliphatic heterocycles. The van der Waals surface area contributed by atoms with Gasteiger partial charge in [0, 0.05) is 6.42 Å². The van der Waals surface area contributed by atoms with Crippen LogP contribution < -0.4 is 0 Å². The fourth-order valence-electron chi connectivity index (χ4n) is 3.52. The molecular formula is C24H45ClO. The molecule has 0 heterocycles. The first-order valence-electron chi connectivity index (χ1n) is 11.6. The van der Waals surface area contributed by atoms with Crippen LogP contribution in [0.25, 0.3) is 0 Å². The predicted molar refractivity (Wildman–Crippen MR) is 118 cm³/mol. The zero-order chi connectivity index (χ0) is 19.1. The lowest BCUT2D eigenvalue weighted by Gasteiger charge is -2.03. The van der Waals surface area contributed by atoms with Gasteiger partial charge in [-0.25, -0.2) is 0 Å². The molecule has 0 amide bonds. The van der Waals surface area contributed by atoms with Gasteiger partial charge in [-0.05, 0) is 37.8 Å². The van der Waals surface area contributed by atoms with Gasteiger partial charge in [-0.2, -0.15) is 0 Å². The van der Waals surface area contributed by atoms with Gasteiger partial charge in [0.05, 0.1) is 0 Å². The smallest absolute Gasteiger partial charge is 0.221 e. The summed E-state index contributed by atoms with van der Waals surface area (Å²) in [4.78, 5) is 10.6. The van der Waals surface area contributed by atoms with E-state index in [1.807, 2.05) is 0 Å². The summed E-state index contributed by atoms with van der Waals surface area (Å²) < 4.78 is 0. The van der Waals surface area contributed by atoms with E-state index in [2.05, 4.69) is 19.1 Å². The first-order valence-corrected chi connectivity index (χ1v) is 11.9. The van der Waals surface area contributed by atoms with Crippen LogP contribution in [-0.2, 0) is 4.79 Å². The van der Waals surface area contributed by atoms with Crippen molar-refractivity contribution in [3.8, 4) is 0 Å². The standard InChI is InChI=1S/C24H45ClO/c1-2-3-4-5-6-7-8-9-10-11-12-13-14-15-16-17-18-19-20-21-22-23-24(25)26/h2-3H,4-23H2,1H3/b3-2+. The van der Waals surface area contributed by atoms with Crippen molar-refractivity contribution in [1.82, 2.24) is 0 Å². The molecule has 0 fully saturated rings. The first kappa shape index (κ1) is 25.7. The zero-order valence-electron chi connectivity index (χ0n) is 17.6. The number of allylic oxidation sites excluding steroid dienone is 2. The second-order valence-corrected chi connectivity index (χ2v) is 8.25. The molecule has 0 aliphatic rings. The van der Waals surface area contributed by atoms with Crippen molar-refractivity contribution in [2.45, 2.75) is 135 Å². The van der Waals surface area contributed by atoms with Gasteiger partial charge in [0.15, 0.2) is 0 Å². The molecular weight excluding hydrogens is 340 g/mol. The summed E-state index contributed by atoms with van der Waals surface area (Å²) in [5.74, 6) is 0. The summed E-state index contributed by atoms with van der Waals surface area (Å²) in [6.45, 7) is 2.11. The van der Waals surface area contributed by atoms with Crippen LogP contribution in [0.5, 0.6) is 0 Å². The van der Waals surface area contributed by atoms with Crippen LogP contribution in [-0.4, -0.2) is 5.24 Å². The number of carbonyl (C=O) groups excluding carboxylic acids is 1. The third-order valence-corrected chi connectivity index (χ3v) is 5.42. The Labute approximate surface area is 169 Å². The van der Waals surface area contributed by atoms with Gasteiger partial charge < -0.3 is 0 Å². The predicted octanol–water partition coefficient (Wildman–Crippen LogP) is 9.13. The van der Waals surface area contributed by atoms with Gasteiger partial charge >= 0.3 is 0 Å². The van der Waals surface area contributed by atoms with E-state index < -0.39 is 0 Å². The van der Waals surface area contributed by atoms with Crippen molar-refractivity contribution >= 4 is 16.8 Å². The lowest BCUT2D eigenvalue weighted by molar-refractivity contribution is -0.111. The molecule has 26 heavy (non-hydrogen) atoms. The third kappa shape index (κ3) is 23.7. The highest BCUT2D eigenvalue weighted by molar-refractivity contribution is 6.63. The van der Waals surface area contributed by atoms with E-state index in [9.17, 15) is 4.79 Å². The normalized spacial score (nSPS) is 11.5. The molecule has 0 bridgehead atoms. The fraction of sp³-hybridized carbons (Fsp3) is 0.875. The molecule has 2 heteroatoms. The summed E-state index contributed by atoms with van der Waals surface area (Å²) in [7, 11) is 0. The van der Waals surface area contributed by atoms with Gasteiger partial charge in [-0.3, -0.25) is 4.79 Å². The number of unbranched alkanes of at least 4 members (excludes halogenated alkanes) is 18. The summed E-state index contributed by atoms with van der Waals surface area (Å²) in [5.41, 5.74) is 0. The van der Waals surface area contributed by atoms with E-state index >= 15 is 0 Å². The van der Waals surface area contributed by atoms with Gasteiger partial charge in [0.2, 0.25) is 5.24 Å². The molecule has 0 atom stereocenters. The minimum Gasteiger partial charge on any atom is -0.281 e. The summed E-state index contributed by atoms with van der Waals surface area (Å²) >= 11 is 5.33. The van der Waals surface area contributed by atoms with Crippen LogP contribution in [0, 0.1) is 0 Å². The molecule has 0 saturated carbocycles. The summed E-state index contributed by atoms with van der Waals surface area (Å²) in [6, 6.07) is 0. The SMILES string of the molecule is C/C=C/CCCCCCCCCCCCCCCCCCCCC(=O)Cl. The Hall–Kier alpha value is -0.300. The quantitative estimate of drug-likeness (QED) is 0.109. The monoisotopic (exact) mass is 384 g/mol. The van der Waals surface area contributed by atoms with E-state index in [0.717, 1.165) is 12.8 Å². The molecule has 0 unspecified atom stereocenters. The molecule has 0 saturated heterocycles. The van der Waals surface area contributed by atoms with Crippen LogP contribution in [0.3, 0.4) is 0 Å². The largest absolute Gasteiger partial charge is 0.281 e. The van der Waals surface area contributed by atoms with E-state index in [0.29, 0.717) is 6.42 Å². The highest BCUT2D eigenvalue weighted by atomic mass is 35.5. The molecule has 1 nitrogen and oxygen atoms in total. The van der Waals surface area contributed by atoms with Gasteiger partial charge in [0.1, 0.15) is 0 Å². The van der Waals surface area contributed by atoms with Crippen LogP contribution >= 0.6 is 11.6 Å². The Morgan fingerprint density at radius 1 is 0.577 bits per heavy atom. The number of hydrogen-bond acceptors (Lipinski definition) is 1. The Kier molecular flexibility index (Phi) is 22.5. The topological polar surface area (TPSA) is 17.1 Å². The molecule has 154 valence electrons. The van der Waals surface area contributed by atoms with Gasteiger partial charge in [-0.1, -0.05) is 115 Å². The lowest BCUT2D eigenvalue weighted by Crippen LogP contribution is -1.86. The second kappa shape index (κ2) is 22.7. The number of hydrogen-bond donors (Lipinski definition) is 0. The van der Waals surface area contributed by atoms with Crippen LogP contribution in [0.4, 0.5) is 0 Å². The maximum atomic E-state index is 10.6. The number of carbonyl (C=O) groups is 1. The van der Waals surface area contributed by atoms with E-state index in [-0.39, 0.29) is 5.24 Å². The molecule has 0 radical (unpaired) electrons. The molecule has 0 rings (SSSR count). The van der Waals surface area contributed by atoms with E-state index in [4.69, 9.17) is 11.6 Å². The van der Waals surface area contributed by atoms with Crippen LogP contribution in [0.2, 0.25) is 0 Å². The first-order chi connectivity index (χ1) is 12.8. The Morgan fingerprint density at radius 3 is 1.19 bits per heavy atom. The number of halogens is 1. The van der Waals surface area contributed by atoms with Crippen molar-refractivity contribution in [3.63, 3.8) is 0 Å². The number of rotatable bonds is 21. The Bertz CT molecular complexity index is 311. The maximum absolute atomic E-state index is 10.6. The molecule has 0 N–H and O–H groups in total. The molecule has 0 aromatic heterocycles. The molecule has 0 spiro atoms. The van der Waals surface area contributed by atoms with Crippen LogP contribution in [0.15, 0.2) is 12.2 Å². The minimum atomic E-state index is -0.180. The van der Waals surface area contributed by atoms with Gasteiger partial charge in [-0.15, -0.1) is 0 Å². The van der Waals surface area contributed by atoms with Crippen molar-refractivity contribution in [2.24, 2.45) is 0 Å². The van der Waals surface area contributed by atoms with Crippen molar-refractivity contribution in [3.05, 3.63) is 12.2 Å². The highest BCUT2D eigenvalue weighted by Gasteiger charge is 1.97. The molecule has 0 aliphatic carbocycles. The summed E-state index contributed by atoms with van der Waals surface area (Å²) in [5, 5.41) is -0.180. The second-order valence-electron chi connectivity index (χ2n) is 7.83. The summed E-state index contributed by atoms with van der Waals surface area (Å²) in [6.07, 6.45) is 30.9. The zero-order valence-corrected chi connectivity index (χ0v) is 18.3. The van der Waals surface area contributed by atoms with E-state index in [1.54, 1.807) is 0 Å². The van der Waals surface area contributed by atoms with Crippen molar-refractivity contribution in [1.29, 1.82) is 0 Å². The maximum Gasteiger partial charge on any atom is 0.221 e.